The average Bonchev–Trinajstić information content (AvgIpc) is 3.18. The van der Waals surface area contributed by atoms with Crippen molar-refractivity contribution >= 4 is 11.9 Å². The first-order chi connectivity index (χ1) is 12.0. The lowest BCUT2D eigenvalue weighted by atomic mass is 10.1. The van der Waals surface area contributed by atoms with E-state index in [2.05, 4.69) is 5.10 Å². The number of rotatable bonds is 6. The number of benzene rings is 1. The van der Waals surface area contributed by atoms with Crippen molar-refractivity contribution in [2.45, 2.75) is 13.5 Å². The molecule has 3 aromatic rings. The number of carbonyl (C=O) groups is 1. The standard InChI is InChI=1S/C19H17FN2O3/c1-13-18(11-22(2)21-13)19(23)10-9-16-7-8-17(25-16)12-24-15-5-3-14(20)4-6-15/h3-11H,12H2,1-2H3/b10-9-. The normalized spacial score (nSPS) is 11.2. The Kier molecular flexibility index (Phi) is 4.79. The molecule has 5 nitrogen and oxygen atoms in total. The minimum atomic E-state index is -0.314. The van der Waals surface area contributed by atoms with E-state index in [1.165, 1.54) is 18.2 Å². The Morgan fingerprint density at radius 1 is 1.28 bits per heavy atom. The van der Waals surface area contributed by atoms with Crippen LogP contribution in [0.5, 0.6) is 5.75 Å². The van der Waals surface area contributed by atoms with Gasteiger partial charge in [0.05, 0.1) is 11.3 Å². The average molecular weight is 340 g/mol. The highest BCUT2D eigenvalue weighted by Gasteiger charge is 2.09. The fourth-order valence-electron chi connectivity index (χ4n) is 2.34. The summed E-state index contributed by atoms with van der Waals surface area (Å²) in [7, 11) is 1.77. The summed E-state index contributed by atoms with van der Waals surface area (Å²) < 4.78 is 25.5. The zero-order chi connectivity index (χ0) is 17.8. The number of ketones is 1. The summed E-state index contributed by atoms with van der Waals surface area (Å²) >= 11 is 0. The fraction of sp³-hybridized carbons (Fsp3) is 0.158. The maximum Gasteiger partial charge on any atom is 0.189 e. The van der Waals surface area contributed by atoms with E-state index in [-0.39, 0.29) is 18.2 Å². The number of hydrogen-bond acceptors (Lipinski definition) is 4. The molecule has 2 heterocycles. The Hall–Kier alpha value is -3.15. The second kappa shape index (κ2) is 7.17. The molecular weight excluding hydrogens is 323 g/mol. The Balaban J connectivity index is 1.60. The monoisotopic (exact) mass is 340 g/mol. The van der Waals surface area contributed by atoms with E-state index in [0.717, 1.165) is 0 Å². The van der Waals surface area contributed by atoms with E-state index < -0.39 is 0 Å². The van der Waals surface area contributed by atoms with Crippen LogP contribution < -0.4 is 4.74 Å². The van der Waals surface area contributed by atoms with Crippen LogP contribution in [0.25, 0.3) is 6.08 Å². The zero-order valence-corrected chi connectivity index (χ0v) is 13.9. The predicted molar refractivity (Wildman–Crippen MR) is 90.7 cm³/mol. The predicted octanol–water partition coefficient (Wildman–Crippen LogP) is 3.94. The fourth-order valence-corrected chi connectivity index (χ4v) is 2.34. The van der Waals surface area contributed by atoms with Crippen LogP contribution in [0.4, 0.5) is 4.39 Å². The largest absolute Gasteiger partial charge is 0.486 e. The Morgan fingerprint density at radius 3 is 2.72 bits per heavy atom. The topological polar surface area (TPSA) is 57.3 Å². The molecule has 0 amide bonds. The molecule has 3 rings (SSSR count). The molecule has 0 radical (unpaired) electrons. The van der Waals surface area contributed by atoms with Crippen LogP contribution in [0.1, 0.15) is 27.6 Å². The first kappa shape index (κ1) is 16.7. The quantitative estimate of drug-likeness (QED) is 0.504. The lowest BCUT2D eigenvalue weighted by Gasteiger charge is -2.03. The second-order valence-corrected chi connectivity index (χ2v) is 5.55. The van der Waals surface area contributed by atoms with Gasteiger partial charge in [0.15, 0.2) is 5.78 Å². The Morgan fingerprint density at radius 2 is 2.04 bits per heavy atom. The van der Waals surface area contributed by atoms with Gasteiger partial charge >= 0.3 is 0 Å². The SMILES string of the molecule is Cc1nn(C)cc1C(=O)/C=C\c1ccc(COc2ccc(F)cc2)o1. The smallest absolute Gasteiger partial charge is 0.189 e. The molecule has 0 saturated heterocycles. The second-order valence-electron chi connectivity index (χ2n) is 5.55. The lowest BCUT2D eigenvalue weighted by molar-refractivity contribution is 0.104. The van der Waals surface area contributed by atoms with Crippen molar-refractivity contribution < 1.29 is 18.3 Å². The van der Waals surface area contributed by atoms with Crippen LogP contribution in [0.15, 0.2) is 53.1 Å². The molecule has 0 N–H and O–H groups in total. The van der Waals surface area contributed by atoms with Crippen molar-refractivity contribution in [3.63, 3.8) is 0 Å². The van der Waals surface area contributed by atoms with Gasteiger partial charge < -0.3 is 9.15 Å². The molecule has 128 valence electrons. The summed E-state index contributed by atoms with van der Waals surface area (Å²) in [5.74, 6) is 1.26. The van der Waals surface area contributed by atoms with Crippen LogP contribution in [0.3, 0.4) is 0 Å². The first-order valence-corrected chi connectivity index (χ1v) is 7.71. The van der Waals surface area contributed by atoms with Crippen molar-refractivity contribution in [1.29, 1.82) is 0 Å². The first-order valence-electron chi connectivity index (χ1n) is 7.71. The van der Waals surface area contributed by atoms with Crippen molar-refractivity contribution in [1.82, 2.24) is 9.78 Å². The molecule has 0 saturated carbocycles. The minimum Gasteiger partial charge on any atom is -0.486 e. The number of furan rings is 1. The number of aromatic nitrogens is 2. The molecule has 0 aliphatic rings. The minimum absolute atomic E-state index is 0.133. The highest BCUT2D eigenvalue weighted by atomic mass is 19.1. The van der Waals surface area contributed by atoms with Gasteiger partial charge in [0, 0.05) is 13.2 Å². The molecule has 6 heteroatoms. The van der Waals surface area contributed by atoms with Gasteiger partial charge in [0.1, 0.15) is 29.7 Å². The number of nitrogens with zero attached hydrogens (tertiary/aromatic N) is 2. The van der Waals surface area contributed by atoms with Crippen LogP contribution in [0, 0.1) is 12.7 Å². The number of halogens is 1. The zero-order valence-electron chi connectivity index (χ0n) is 13.9. The van der Waals surface area contributed by atoms with Gasteiger partial charge in [-0.2, -0.15) is 5.10 Å². The molecule has 0 aliphatic carbocycles. The molecule has 0 bridgehead atoms. The van der Waals surface area contributed by atoms with Crippen LogP contribution in [0.2, 0.25) is 0 Å². The summed E-state index contributed by atoms with van der Waals surface area (Å²) in [6, 6.07) is 9.28. The van der Waals surface area contributed by atoms with Crippen molar-refractivity contribution in [3.8, 4) is 5.75 Å². The van der Waals surface area contributed by atoms with Crippen molar-refractivity contribution in [3.05, 3.63) is 77.3 Å². The third-order valence-electron chi connectivity index (χ3n) is 3.56. The summed E-state index contributed by atoms with van der Waals surface area (Å²) in [6.07, 6.45) is 4.75. The molecule has 25 heavy (non-hydrogen) atoms. The third kappa shape index (κ3) is 4.23. The maximum atomic E-state index is 12.8. The van der Waals surface area contributed by atoms with E-state index in [9.17, 15) is 9.18 Å². The molecule has 2 aromatic heterocycles. The van der Waals surface area contributed by atoms with E-state index in [0.29, 0.717) is 28.5 Å². The number of carbonyl (C=O) groups excluding carboxylic acids is 1. The van der Waals surface area contributed by atoms with Gasteiger partial charge in [-0.15, -0.1) is 0 Å². The summed E-state index contributed by atoms with van der Waals surface area (Å²) in [4.78, 5) is 12.2. The van der Waals surface area contributed by atoms with Crippen molar-refractivity contribution in [2.75, 3.05) is 0 Å². The number of allylic oxidation sites excluding steroid dienone is 1. The van der Waals surface area contributed by atoms with Gasteiger partial charge in [-0.1, -0.05) is 0 Å². The highest BCUT2D eigenvalue weighted by Crippen LogP contribution is 2.16. The molecule has 0 atom stereocenters. The Labute approximate surface area is 144 Å². The van der Waals surface area contributed by atoms with E-state index in [4.69, 9.17) is 9.15 Å². The highest BCUT2D eigenvalue weighted by molar-refractivity contribution is 6.07. The van der Waals surface area contributed by atoms with Gasteiger partial charge in [-0.05, 0) is 55.5 Å². The van der Waals surface area contributed by atoms with Crippen LogP contribution >= 0.6 is 0 Å². The van der Waals surface area contributed by atoms with Gasteiger partial charge in [0.2, 0.25) is 0 Å². The van der Waals surface area contributed by atoms with E-state index in [1.54, 1.807) is 55.2 Å². The van der Waals surface area contributed by atoms with E-state index in [1.807, 2.05) is 0 Å². The molecular formula is C19H17FN2O3. The molecule has 0 spiro atoms. The lowest BCUT2D eigenvalue weighted by Crippen LogP contribution is -1.94. The maximum absolute atomic E-state index is 12.8. The van der Waals surface area contributed by atoms with Crippen LogP contribution in [-0.4, -0.2) is 15.6 Å². The van der Waals surface area contributed by atoms with Gasteiger partial charge in [-0.3, -0.25) is 9.48 Å². The third-order valence-corrected chi connectivity index (χ3v) is 3.56. The van der Waals surface area contributed by atoms with E-state index >= 15 is 0 Å². The molecule has 0 unspecified atom stereocenters. The summed E-state index contributed by atoms with van der Waals surface area (Å²) in [6.45, 7) is 2.01. The number of hydrogen-bond donors (Lipinski definition) is 0. The molecule has 0 fully saturated rings. The number of aryl methyl sites for hydroxylation is 2. The molecule has 1 aromatic carbocycles. The van der Waals surface area contributed by atoms with Crippen molar-refractivity contribution in [2.24, 2.45) is 7.05 Å². The summed E-state index contributed by atoms with van der Waals surface area (Å²) in [5.41, 5.74) is 1.25. The van der Waals surface area contributed by atoms with Gasteiger partial charge in [-0.25, -0.2) is 4.39 Å². The van der Waals surface area contributed by atoms with Gasteiger partial charge in [0.25, 0.3) is 0 Å². The number of ether oxygens (including phenoxy) is 1. The Bertz CT molecular complexity index is 907. The van der Waals surface area contributed by atoms with Crippen LogP contribution in [-0.2, 0) is 13.7 Å². The molecule has 0 aliphatic heterocycles. The summed E-state index contributed by atoms with van der Waals surface area (Å²) in [5, 5.41) is 4.15.